The van der Waals surface area contributed by atoms with Gasteiger partial charge in [-0.1, -0.05) is 6.92 Å². The van der Waals surface area contributed by atoms with E-state index in [9.17, 15) is 8.42 Å². The molecule has 0 aliphatic carbocycles. The second-order valence-corrected chi connectivity index (χ2v) is 6.40. The van der Waals surface area contributed by atoms with Crippen molar-refractivity contribution in [3.63, 3.8) is 0 Å². The molecule has 1 aliphatic heterocycles. The molecule has 0 amide bonds. The Balaban J connectivity index is 2.37. The van der Waals surface area contributed by atoms with Gasteiger partial charge in [-0.2, -0.15) is 4.31 Å². The first-order chi connectivity index (χ1) is 9.00. The summed E-state index contributed by atoms with van der Waals surface area (Å²) in [6, 6.07) is 1.25. The first-order valence-electron chi connectivity index (χ1n) is 6.30. The molecule has 0 radical (unpaired) electrons. The SMILES string of the molecule is CCC1COCCN1S(=O)(=O)c1cc(CO)oc1C. The number of sulfonamides is 1. The molecule has 0 saturated carbocycles. The number of hydrogen-bond acceptors (Lipinski definition) is 5. The number of nitrogens with zero attached hydrogens (tertiary/aromatic N) is 1. The van der Waals surface area contributed by atoms with E-state index in [-0.39, 0.29) is 23.3 Å². The first kappa shape index (κ1) is 14.5. The number of furan rings is 1. The van der Waals surface area contributed by atoms with Gasteiger partial charge in [-0.3, -0.25) is 0 Å². The zero-order valence-electron chi connectivity index (χ0n) is 11.1. The number of aliphatic hydroxyl groups excluding tert-OH is 1. The molecule has 19 heavy (non-hydrogen) atoms. The van der Waals surface area contributed by atoms with Crippen LogP contribution in [0.15, 0.2) is 15.4 Å². The van der Waals surface area contributed by atoms with Crippen LogP contribution in [-0.4, -0.2) is 43.6 Å². The lowest BCUT2D eigenvalue weighted by atomic mass is 10.2. The summed E-state index contributed by atoms with van der Waals surface area (Å²) in [4.78, 5) is 0.136. The molecule has 1 aliphatic rings. The maximum Gasteiger partial charge on any atom is 0.246 e. The van der Waals surface area contributed by atoms with Crippen LogP contribution in [0.3, 0.4) is 0 Å². The fourth-order valence-corrected chi connectivity index (χ4v) is 4.12. The number of aryl methyl sites for hydroxylation is 1. The summed E-state index contributed by atoms with van der Waals surface area (Å²) in [7, 11) is -3.59. The number of aliphatic hydroxyl groups is 1. The van der Waals surface area contributed by atoms with E-state index in [1.807, 2.05) is 6.92 Å². The standard InChI is InChI=1S/C12H19NO5S/c1-3-10-8-17-5-4-13(10)19(15,16)12-6-11(7-14)18-9(12)2/h6,10,14H,3-5,7-8H2,1-2H3. The Hall–Kier alpha value is -0.890. The molecule has 1 saturated heterocycles. The minimum absolute atomic E-state index is 0.136. The van der Waals surface area contributed by atoms with Gasteiger partial charge in [0.2, 0.25) is 10.0 Å². The van der Waals surface area contributed by atoms with Gasteiger partial charge in [0, 0.05) is 18.7 Å². The fraction of sp³-hybridized carbons (Fsp3) is 0.667. The summed E-state index contributed by atoms with van der Waals surface area (Å²) in [6.07, 6.45) is 0.697. The highest BCUT2D eigenvalue weighted by Crippen LogP contribution is 2.27. The van der Waals surface area contributed by atoms with Crippen LogP contribution < -0.4 is 0 Å². The smallest absolute Gasteiger partial charge is 0.246 e. The molecule has 6 nitrogen and oxygen atoms in total. The van der Waals surface area contributed by atoms with Crippen LogP contribution in [0.1, 0.15) is 24.9 Å². The van der Waals surface area contributed by atoms with Crippen LogP contribution in [0.2, 0.25) is 0 Å². The lowest BCUT2D eigenvalue weighted by molar-refractivity contribution is 0.0314. The monoisotopic (exact) mass is 289 g/mol. The van der Waals surface area contributed by atoms with Crippen molar-refractivity contribution in [1.82, 2.24) is 4.31 Å². The second kappa shape index (κ2) is 5.62. The Bertz CT molecular complexity index is 536. The highest BCUT2D eigenvalue weighted by molar-refractivity contribution is 7.89. The average molecular weight is 289 g/mol. The summed E-state index contributed by atoms with van der Waals surface area (Å²) in [5.74, 6) is 0.572. The highest BCUT2D eigenvalue weighted by atomic mass is 32.2. The van der Waals surface area contributed by atoms with Crippen molar-refractivity contribution in [3.05, 3.63) is 17.6 Å². The van der Waals surface area contributed by atoms with Gasteiger partial charge in [0.15, 0.2) is 0 Å². The van der Waals surface area contributed by atoms with Crippen LogP contribution in [0, 0.1) is 6.92 Å². The van der Waals surface area contributed by atoms with Gasteiger partial charge in [0.25, 0.3) is 0 Å². The molecule has 1 atom stereocenters. The van der Waals surface area contributed by atoms with Gasteiger partial charge < -0.3 is 14.3 Å². The topological polar surface area (TPSA) is 80.0 Å². The van der Waals surface area contributed by atoms with E-state index in [0.29, 0.717) is 31.9 Å². The molecule has 0 aromatic carbocycles. The van der Waals surface area contributed by atoms with E-state index >= 15 is 0 Å². The summed E-state index contributed by atoms with van der Waals surface area (Å²) >= 11 is 0. The normalized spacial score (nSPS) is 21.7. The van der Waals surface area contributed by atoms with Crippen molar-refractivity contribution in [3.8, 4) is 0 Å². The molecule has 108 valence electrons. The highest BCUT2D eigenvalue weighted by Gasteiger charge is 2.35. The largest absolute Gasteiger partial charge is 0.462 e. The van der Waals surface area contributed by atoms with E-state index in [0.717, 1.165) is 0 Å². The molecule has 7 heteroatoms. The van der Waals surface area contributed by atoms with E-state index in [2.05, 4.69) is 0 Å². The first-order valence-corrected chi connectivity index (χ1v) is 7.74. The molecule has 0 spiro atoms. The van der Waals surface area contributed by atoms with Crippen molar-refractivity contribution >= 4 is 10.0 Å². The Labute approximate surface area is 113 Å². The van der Waals surface area contributed by atoms with Crippen LogP contribution in [-0.2, 0) is 21.4 Å². The predicted molar refractivity (Wildman–Crippen MR) is 68.2 cm³/mol. The molecule has 1 aromatic heterocycles. The Morgan fingerprint density at radius 3 is 2.84 bits per heavy atom. The third-order valence-corrected chi connectivity index (χ3v) is 5.37. The molecular weight excluding hydrogens is 270 g/mol. The van der Waals surface area contributed by atoms with Crippen molar-refractivity contribution < 1.29 is 22.7 Å². The average Bonchev–Trinajstić information content (AvgIpc) is 2.80. The number of rotatable bonds is 4. The van der Waals surface area contributed by atoms with Gasteiger partial charge in [0.05, 0.1) is 13.2 Å². The maximum atomic E-state index is 12.6. The van der Waals surface area contributed by atoms with Gasteiger partial charge in [-0.25, -0.2) is 8.42 Å². The molecule has 1 N–H and O–H groups in total. The zero-order valence-corrected chi connectivity index (χ0v) is 11.9. The lowest BCUT2D eigenvalue weighted by Gasteiger charge is -2.33. The van der Waals surface area contributed by atoms with Crippen LogP contribution in [0.4, 0.5) is 0 Å². The van der Waals surface area contributed by atoms with Crippen molar-refractivity contribution in [2.45, 2.75) is 37.8 Å². The fourth-order valence-electron chi connectivity index (χ4n) is 2.26. The van der Waals surface area contributed by atoms with Gasteiger partial charge in [0.1, 0.15) is 23.0 Å². The third kappa shape index (κ3) is 2.69. The lowest BCUT2D eigenvalue weighted by Crippen LogP contribution is -2.48. The number of hydrogen-bond donors (Lipinski definition) is 1. The van der Waals surface area contributed by atoms with Crippen LogP contribution >= 0.6 is 0 Å². The van der Waals surface area contributed by atoms with Crippen molar-refractivity contribution in [2.75, 3.05) is 19.8 Å². The quantitative estimate of drug-likeness (QED) is 0.890. The van der Waals surface area contributed by atoms with Crippen LogP contribution in [0.5, 0.6) is 0 Å². The Morgan fingerprint density at radius 2 is 2.26 bits per heavy atom. The number of morpholine rings is 1. The molecule has 1 unspecified atom stereocenters. The van der Waals surface area contributed by atoms with E-state index < -0.39 is 10.0 Å². The molecule has 0 bridgehead atoms. The molecule has 1 fully saturated rings. The molecule has 2 heterocycles. The Kier molecular flexibility index (Phi) is 4.29. The van der Waals surface area contributed by atoms with Crippen molar-refractivity contribution in [2.24, 2.45) is 0 Å². The minimum atomic E-state index is -3.59. The summed E-state index contributed by atoms with van der Waals surface area (Å²) in [5, 5.41) is 9.03. The Morgan fingerprint density at radius 1 is 1.53 bits per heavy atom. The minimum Gasteiger partial charge on any atom is -0.462 e. The van der Waals surface area contributed by atoms with Crippen molar-refractivity contribution in [1.29, 1.82) is 0 Å². The van der Waals surface area contributed by atoms with E-state index in [1.54, 1.807) is 6.92 Å². The summed E-state index contributed by atoms with van der Waals surface area (Å²) in [5.41, 5.74) is 0. The van der Waals surface area contributed by atoms with Gasteiger partial charge >= 0.3 is 0 Å². The molecular formula is C12H19NO5S. The zero-order chi connectivity index (χ0) is 14.0. The van der Waals surface area contributed by atoms with Crippen LogP contribution in [0.25, 0.3) is 0 Å². The van der Waals surface area contributed by atoms with E-state index in [4.69, 9.17) is 14.3 Å². The summed E-state index contributed by atoms with van der Waals surface area (Å²) < 4.78 is 37.3. The van der Waals surface area contributed by atoms with Gasteiger partial charge in [-0.15, -0.1) is 0 Å². The molecule has 2 rings (SSSR count). The summed E-state index contributed by atoms with van der Waals surface area (Å²) in [6.45, 7) is 4.38. The second-order valence-electron chi connectivity index (χ2n) is 4.54. The third-order valence-electron chi connectivity index (χ3n) is 3.31. The number of ether oxygens (including phenoxy) is 1. The predicted octanol–water partition coefficient (Wildman–Crippen LogP) is 0.880. The van der Waals surface area contributed by atoms with Gasteiger partial charge in [-0.05, 0) is 13.3 Å². The molecule has 1 aromatic rings. The van der Waals surface area contributed by atoms with E-state index in [1.165, 1.54) is 10.4 Å². The maximum absolute atomic E-state index is 12.6.